The third kappa shape index (κ3) is 4.14. The number of hydrogen-bond acceptors (Lipinski definition) is 3. The second-order valence-electron chi connectivity index (χ2n) is 6.56. The van der Waals surface area contributed by atoms with Crippen molar-refractivity contribution in [3.63, 3.8) is 0 Å². The van der Waals surface area contributed by atoms with E-state index >= 15 is 0 Å². The first-order valence-corrected chi connectivity index (χ1v) is 7.61. The Kier molecular flexibility index (Phi) is 5.57. The monoisotopic (exact) mass is 300 g/mol. The molecule has 0 saturated heterocycles. The fourth-order valence-corrected chi connectivity index (χ4v) is 2.75. The maximum Gasteiger partial charge on any atom is 0.525 e. The van der Waals surface area contributed by atoms with Gasteiger partial charge in [0.15, 0.2) is 6.17 Å². The van der Waals surface area contributed by atoms with Crippen LogP contribution in [-0.4, -0.2) is 24.9 Å². The highest BCUT2D eigenvalue weighted by Crippen LogP contribution is 2.37. The van der Waals surface area contributed by atoms with Crippen LogP contribution in [0.2, 0.25) is 0 Å². The van der Waals surface area contributed by atoms with Gasteiger partial charge in [0.05, 0.1) is 6.61 Å². The van der Waals surface area contributed by atoms with Crippen molar-refractivity contribution in [2.75, 3.05) is 6.61 Å². The van der Waals surface area contributed by atoms with Crippen LogP contribution in [-0.2, 0) is 9.69 Å². The molecule has 21 heavy (non-hydrogen) atoms. The lowest BCUT2D eigenvalue weighted by Crippen LogP contribution is -2.32. The van der Waals surface area contributed by atoms with Gasteiger partial charge in [0.25, 0.3) is 0 Å². The summed E-state index contributed by atoms with van der Waals surface area (Å²) in [6.07, 6.45) is 6.87. The average molecular weight is 300 g/mol. The quantitative estimate of drug-likeness (QED) is 0.478. The van der Waals surface area contributed by atoms with E-state index in [-0.39, 0.29) is 5.47 Å². The van der Waals surface area contributed by atoms with Gasteiger partial charge in [-0.05, 0) is 18.8 Å². The molecule has 0 radical (unpaired) electrons. The molecule has 6 heteroatoms. The van der Waals surface area contributed by atoms with Gasteiger partial charge in [0.1, 0.15) is 5.83 Å². The van der Waals surface area contributed by atoms with Crippen molar-refractivity contribution in [2.45, 2.75) is 52.1 Å². The Morgan fingerprint density at radius 2 is 2.00 bits per heavy atom. The highest BCUT2D eigenvalue weighted by Gasteiger charge is 2.39. The lowest BCUT2D eigenvalue weighted by molar-refractivity contribution is -0.232. The van der Waals surface area contributed by atoms with Gasteiger partial charge in [-0.25, -0.2) is 13.7 Å². The van der Waals surface area contributed by atoms with E-state index in [1.165, 1.54) is 31.4 Å². The molecule has 0 aromatic rings. The second-order valence-corrected chi connectivity index (χ2v) is 6.56. The molecule has 0 bridgehead atoms. The predicted octanol–water partition coefficient (Wildman–Crippen LogP) is 3.69. The Morgan fingerprint density at radius 1 is 1.33 bits per heavy atom. The average Bonchev–Trinajstić information content (AvgIpc) is 2.46. The molecule has 1 N–H and O–H groups in total. The van der Waals surface area contributed by atoms with Gasteiger partial charge in [0, 0.05) is 10.9 Å². The normalized spacial score (nSPS) is 26.2. The minimum atomic E-state index is -1.78. The van der Waals surface area contributed by atoms with Crippen LogP contribution in [0.15, 0.2) is 23.5 Å². The van der Waals surface area contributed by atoms with E-state index in [9.17, 15) is 13.8 Å². The van der Waals surface area contributed by atoms with E-state index in [4.69, 9.17) is 9.69 Å². The Labute approximate surface area is 125 Å². The molecule has 0 aliphatic heterocycles. The second kappa shape index (κ2) is 7.03. The molecule has 0 aromatic heterocycles. The van der Waals surface area contributed by atoms with E-state index in [2.05, 4.69) is 0 Å². The molecule has 1 atom stereocenters. The molecule has 2 aliphatic rings. The summed E-state index contributed by atoms with van der Waals surface area (Å²) in [7, 11) is -1.60. The maximum absolute atomic E-state index is 13.9. The van der Waals surface area contributed by atoms with E-state index in [0.717, 1.165) is 12.8 Å². The largest absolute Gasteiger partial charge is 0.525 e. The Bertz CT molecular complexity index is 417. The minimum Gasteiger partial charge on any atom is -0.422 e. The third-order valence-electron chi connectivity index (χ3n) is 4.30. The fourth-order valence-electron chi connectivity index (χ4n) is 2.75. The Morgan fingerprint density at radius 3 is 2.67 bits per heavy atom. The highest BCUT2D eigenvalue weighted by atomic mass is 19.2. The zero-order chi connectivity index (χ0) is 15.5. The molecule has 0 aromatic carbocycles. The fraction of sp³-hybridized carbons (Fsp3) is 0.733. The molecule has 1 fully saturated rings. The molecule has 118 valence electrons. The SMILES string of the molecule is CC1(C)C=CC(B(O)OOCC2CCCCC2)=C(F)C1F. The molecular formula is C15H23BF2O3. The standard InChI is InChI=1S/C15H23BF2O3/c1-15(2)9-8-12(13(17)14(15)18)16(19)21-20-10-11-6-4-3-5-7-11/h8-9,11,14,19H,3-7,10H2,1-2H3. The molecule has 1 unspecified atom stereocenters. The van der Waals surface area contributed by atoms with Crippen molar-refractivity contribution in [2.24, 2.45) is 11.3 Å². The van der Waals surface area contributed by atoms with Crippen LogP contribution in [0.1, 0.15) is 46.0 Å². The van der Waals surface area contributed by atoms with Crippen LogP contribution in [0.4, 0.5) is 8.78 Å². The molecular weight excluding hydrogens is 277 g/mol. The molecule has 2 rings (SSSR count). The summed E-state index contributed by atoms with van der Waals surface area (Å²) < 4.78 is 27.8. The van der Waals surface area contributed by atoms with Crippen LogP contribution in [0, 0.1) is 11.3 Å². The summed E-state index contributed by atoms with van der Waals surface area (Å²) in [6.45, 7) is 3.56. The van der Waals surface area contributed by atoms with Gasteiger partial charge in [-0.3, -0.25) is 4.81 Å². The van der Waals surface area contributed by atoms with Crippen LogP contribution in [0.25, 0.3) is 0 Å². The number of hydrogen-bond donors (Lipinski definition) is 1. The molecule has 3 nitrogen and oxygen atoms in total. The third-order valence-corrected chi connectivity index (χ3v) is 4.30. The number of rotatable bonds is 5. The summed E-state index contributed by atoms with van der Waals surface area (Å²) >= 11 is 0. The Balaban J connectivity index is 1.84. The number of halogens is 2. The summed E-state index contributed by atoms with van der Waals surface area (Å²) in [5.41, 5.74) is -1.12. The first-order chi connectivity index (χ1) is 9.92. The van der Waals surface area contributed by atoms with E-state index in [0.29, 0.717) is 12.5 Å². The van der Waals surface area contributed by atoms with Crippen LogP contribution < -0.4 is 0 Å². The van der Waals surface area contributed by atoms with Crippen molar-refractivity contribution < 1.29 is 23.5 Å². The summed E-state index contributed by atoms with van der Waals surface area (Å²) in [4.78, 5) is 9.83. The smallest absolute Gasteiger partial charge is 0.422 e. The summed E-state index contributed by atoms with van der Waals surface area (Å²) in [5.74, 6) is -0.573. The Hall–Kier alpha value is -0.715. The lowest BCUT2D eigenvalue weighted by Gasteiger charge is -2.29. The van der Waals surface area contributed by atoms with E-state index in [1.807, 2.05) is 0 Å². The first kappa shape index (κ1) is 16.7. The van der Waals surface area contributed by atoms with Crippen molar-refractivity contribution in [3.05, 3.63) is 23.5 Å². The lowest BCUT2D eigenvalue weighted by atomic mass is 9.70. The number of alkyl halides is 1. The predicted molar refractivity (Wildman–Crippen MR) is 77.5 cm³/mol. The molecule has 0 spiro atoms. The molecule has 1 saturated carbocycles. The highest BCUT2D eigenvalue weighted by molar-refractivity contribution is 6.53. The minimum absolute atomic E-state index is 0.203. The molecule has 2 aliphatic carbocycles. The van der Waals surface area contributed by atoms with Gasteiger partial charge < -0.3 is 5.02 Å². The summed E-state index contributed by atoms with van der Waals surface area (Å²) in [6, 6.07) is 0. The first-order valence-electron chi connectivity index (χ1n) is 7.61. The van der Waals surface area contributed by atoms with Gasteiger partial charge in [0.2, 0.25) is 0 Å². The molecule has 0 amide bonds. The van der Waals surface area contributed by atoms with Crippen LogP contribution >= 0.6 is 0 Å². The van der Waals surface area contributed by atoms with Crippen LogP contribution in [0.5, 0.6) is 0 Å². The van der Waals surface area contributed by atoms with Crippen LogP contribution in [0.3, 0.4) is 0 Å². The van der Waals surface area contributed by atoms with Crippen molar-refractivity contribution in [3.8, 4) is 0 Å². The van der Waals surface area contributed by atoms with Crippen molar-refractivity contribution in [1.82, 2.24) is 0 Å². The van der Waals surface area contributed by atoms with Crippen molar-refractivity contribution in [1.29, 1.82) is 0 Å². The molecule has 0 heterocycles. The van der Waals surface area contributed by atoms with Gasteiger partial charge in [-0.1, -0.05) is 45.3 Å². The topological polar surface area (TPSA) is 38.7 Å². The summed E-state index contributed by atoms with van der Waals surface area (Å²) in [5, 5.41) is 9.80. The number of allylic oxidation sites excluding steroid dienone is 4. The zero-order valence-electron chi connectivity index (χ0n) is 12.6. The maximum atomic E-state index is 13.9. The van der Waals surface area contributed by atoms with Gasteiger partial charge in [-0.15, -0.1) is 0 Å². The van der Waals surface area contributed by atoms with Gasteiger partial charge >= 0.3 is 7.12 Å². The van der Waals surface area contributed by atoms with E-state index in [1.54, 1.807) is 13.8 Å². The van der Waals surface area contributed by atoms with E-state index < -0.39 is 24.5 Å². The zero-order valence-corrected chi connectivity index (χ0v) is 12.6. The van der Waals surface area contributed by atoms with Gasteiger partial charge in [-0.2, -0.15) is 0 Å². The van der Waals surface area contributed by atoms with Crippen molar-refractivity contribution >= 4 is 7.12 Å².